The third-order valence-corrected chi connectivity index (χ3v) is 2.67. The Morgan fingerprint density at radius 3 is 2.56 bits per heavy atom. The van der Waals surface area contributed by atoms with E-state index >= 15 is 0 Å². The van der Waals surface area contributed by atoms with Gasteiger partial charge in [-0.05, 0) is 37.6 Å². The number of halogens is 1. The molecule has 0 bridgehead atoms. The minimum Gasteiger partial charge on any atom is -0.494 e. The molecule has 1 rings (SSSR count). The zero-order valence-corrected chi connectivity index (χ0v) is 10.9. The number of hydrogen-bond acceptors (Lipinski definition) is 2. The molecule has 0 aliphatic carbocycles. The molecule has 1 aromatic rings. The Labute approximate surface area is 107 Å². The quantitative estimate of drug-likeness (QED) is 0.753. The third kappa shape index (κ3) is 3.58. The summed E-state index contributed by atoms with van der Waals surface area (Å²) in [6.07, 6.45) is 3.05. The van der Waals surface area contributed by atoms with Gasteiger partial charge in [-0.25, -0.2) is 4.39 Å². The van der Waals surface area contributed by atoms with Crippen molar-refractivity contribution in [1.82, 2.24) is 4.90 Å². The molecule has 0 saturated heterocycles. The van der Waals surface area contributed by atoms with E-state index in [1.807, 2.05) is 13.8 Å². The van der Waals surface area contributed by atoms with E-state index < -0.39 is 5.82 Å². The zero-order chi connectivity index (χ0) is 13.5. The predicted molar refractivity (Wildman–Crippen MR) is 69.9 cm³/mol. The highest BCUT2D eigenvalue weighted by molar-refractivity contribution is 5.91. The number of carbonyl (C=O) groups excluding carboxylic acids is 1. The van der Waals surface area contributed by atoms with Gasteiger partial charge >= 0.3 is 0 Å². The number of carbonyl (C=O) groups is 1. The number of nitrogens with zero attached hydrogens (tertiary/aromatic N) is 1. The average Bonchev–Trinajstić information content (AvgIpc) is 2.38. The third-order valence-electron chi connectivity index (χ3n) is 2.67. The Balaban J connectivity index is 2.78. The normalized spacial score (nSPS) is 10.7. The van der Waals surface area contributed by atoms with E-state index in [1.165, 1.54) is 25.3 Å². The molecular formula is C14H18FNO2. The number of methoxy groups -OCH3 is 1. The molecule has 18 heavy (non-hydrogen) atoms. The molecule has 0 aromatic heterocycles. The molecule has 0 heterocycles. The summed E-state index contributed by atoms with van der Waals surface area (Å²) in [4.78, 5) is 13.4. The fraction of sp³-hybridized carbons (Fsp3) is 0.357. The van der Waals surface area contributed by atoms with Crippen LogP contribution < -0.4 is 4.74 Å². The van der Waals surface area contributed by atoms with Gasteiger partial charge in [0, 0.05) is 19.2 Å². The van der Waals surface area contributed by atoms with Crippen molar-refractivity contribution >= 4 is 12.0 Å². The van der Waals surface area contributed by atoms with Crippen molar-refractivity contribution in [3.63, 3.8) is 0 Å². The van der Waals surface area contributed by atoms with Gasteiger partial charge in [0.25, 0.3) is 0 Å². The summed E-state index contributed by atoms with van der Waals surface area (Å²) in [7, 11) is 1.41. The van der Waals surface area contributed by atoms with E-state index in [4.69, 9.17) is 4.74 Å². The summed E-state index contributed by atoms with van der Waals surface area (Å²) in [5.41, 5.74) is 0.633. The summed E-state index contributed by atoms with van der Waals surface area (Å²) in [5.74, 6) is -0.312. The molecule has 4 heteroatoms. The lowest BCUT2D eigenvalue weighted by Gasteiger charge is -2.15. The second kappa shape index (κ2) is 6.79. The molecule has 0 aliphatic rings. The van der Waals surface area contributed by atoms with Crippen LogP contribution in [0.3, 0.4) is 0 Å². The largest absolute Gasteiger partial charge is 0.494 e. The highest BCUT2D eigenvalue weighted by atomic mass is 19.1. The summed E-state index contributed by atoms with van der Waals surface area (Å²) in [5, 5.41) is 0. The van der Waals surface area contributed by atoms with E-state index in [2.05, 4.69) is 0 Å². The second-order valence-corrected chi connectivity index (χ2v) is 3.74. The monoisotopic (exact) mass is 251 g/mol. The van der Waals surface area contributed by atoms with E-state index in [0.717, 1.165) is 0 Å². The fourth-order valence-electron chi connectivity index (χ4n) is 1.59. The Hall–Kier alpha value is -1.84. The van der Waals surface area contributed by atoms with E-state index in [1.54, 1.807) is 17.0 Å². The standard InChI is InChI=1S/C14H18FNO2/c1-4-16(5-2)14(17)9-7-11-6-8-13(18-3)12(15)10-11/h6-10H,4-5H2,1-3H3/b9-7+. The van der Waals surface area contributed by atoms with Crippen molar-refractivity contribution in [2.45, 2.75) is 13.8 Å². The Bertz CT molecular complexity index is 439. The molecule has 3 nitrogen and oxygen atoms in total. The van der Waals surface area contributed by atoms with Gasteiger partial charge in [0.05, 0.1) is 7.11 Å². The maximum absolute atomic E-state index is 13.4. The summed E-state index contributed by atoms with van der Waals surface area (Å²) >= 11 is 0. The zero-order valence-electron chi connectivity index (χ0n) is 10.9. The van der Waals surface area contributed by atoms with Crippen molar-refractivity contribution in [2.24, 2.45) is 0 Å². The summed E-state index contributed by atoms with van der Waals surface area (Å²) in [6, 6.07) is 4.58. The minimum atomic E-state index is -0.435. The van der Waals surface area contributed by atoms with Gasteiger partial charge in [-0.1, -0.05) is 6.07 Å². The van der Waals surface area contributed by atoms with Crippen LogP contribution in [0.2, 0.25) is 0 Å². The fourth-order valence-corrected chi connectivity index (χ4v) is 1.59. The molecule has 0 aliphatic heterocycles. The van der Waals surface area contributed by atoms with Crippen LogP contribution in [0, 0.1) is 5.82 Å². The van der Waals surface area contributed by atoms with E-state index in [9.17, 15) is 9.18 Å². The van der Waals surface area contributed by atoms with Gasteiger partial charge in [0.1, 0.15) is 0 Å². The highest BCUT2D eigenvalue weighted by Crippen LogP contribution is 2.18. The molecule has 0 spiro atoms. The van der Waals surface area contributed by atoms with Crippen molar-refractivity contribution in [3.8, 4) is 5.75 Å². The molecule has 0 saturated carbocycles. The average molecular weight is 251 g/mol. The number of rotatable bonds is 5. The molecule has 0 unspecified atom stereocenters. The van der Waals surface area contributed by atoms with Crippen molar-refractivity contribution in [1.29, 1.82) is 0 Å². The molecule has 1 aromatic carbocycles. The van der Waals surface area contributed by atoms with Gasteiger partial charge in [-0.3, -0.25) is 4.79 Å². The Kier molecular flexibility index (Phi) is 5.36. The van der Waals surface area contributed by atoms with Crippen molar-refractivity contribution < 1.29 is 13.9 Å². The number of benzene rings is 1. The first-order valence-corrected chi connectivity index (χ1v) is 5.92. The highest BCUT2D eigenvalue weighted by Gasteiger charge is 2.05. The van der Waals surface area contributed by atoms with Crippen LogP contribution in [-0.2, 0) is 4.79 Å². The van der Waals surface area contributed by atoms with Crippen LogP contribution in [0.25, 0.3) is 6.08 Å². The molecule has 0 fully saturated rings. The number of hydrogen-bond donors (Lipinski definition) is 0. The minimum absolute atomic E-state index is 0.0729. The topological polar surface area (TPSA) is 29.5 Å². The Morgan fingerprint density at radius 1 is 1.39 bits per heavy atom. The van der Waals surface area contributed by atoms with Gasteiger partial charge in [0.15, 0.2) is 11.6 Å². The number of amides is 1. The van der Waals surface area contributed by atoms with Crippen molar-refractivity contribution in [3.05, 3.63) is 35.7 Å². The molecule has 98 valence electrons. The second-order valence-electron chi connectivity index (χ2n) is 3.74. The van der Waals surface area contributed by atoms with Crippen LogP contribution in [0.1, 0.15) is 19.4 Å². The van der Waals surface area contributed by atoms with Crippen LogP contribution in [0.4, 0.5) is 4.39 Å². The maximum atomic E-state index is 13.4. The molecule has 0 N–H and O–H groups in total. The van der Waals surface area contributed by atoms with E-state index in [0.29, 0.717) is 18.7 Å². The van der Waals surface area contributed by atoms with Crippen LogP contribution >= 0.6 is 0 Å². The number of likely N-dealkylation sites (N-methyl/N-ethyl adjacent to an activating group) is 1. The Morgan fingerprint density at radius 2 is 2.06 bits per heavy atom. The first kappa shape index (κ1) is 14.2. The lowest BCUT2D eigenvalue weighted by molar-refractivity contribution is -0.125. The molecule has 0 radical (unpaired) electrons. The van der Waals surface area contributed by atoms with Crippen LogP contribution in [-0.4, -0.2) is 31.0 Å². The van der Waals surface area contributed by atoms with Crippen LogP contribution in [0.5, 0.6) is 5.75 Å². The first-order chi connectivity index (χ1) is 8.62. The summed E-state index contributed by atoms with van der Waals surface area (Å²) < 4.78 is 18.2. The van der Waals surface area contributed by atoms with Gasteiger partial charge in [0.2, 0.25) is 5.91 Å². The first-order valence-electron chi connectivity index (χ1n) is 5.92. The maximum Gasteiger partial charge on any atom is 0.246 e. The van der Waals surface area contributed by atoms with Gasteiger partial charge in [-0.15, -0.1) is 0 Å². The smallest absolute Gasteiger partial charge is 0.246 e. The molecule has 0 atom stereocenters. The van der Waals surface area contributed by atoms with Gasteiger partial charge < -0.3 is 9.64 Å². The molecule has 1 amide bonds. The lowest BCUT2D eigenvalue weighted by Crippen LogP contribution is -2.28. The SMILES string of the molecule is CCN(CC)C(=O)/C=C/c1ccc(OC)c(F)c1. The van der Waals surface area contributed by atoms with Crippen LogP contribution in [0.15, 0.2) is 24.3 Å². The summed E-state index contributed by atoms with van der Waals surface area (Å²) in [6.45, 7) is 5.16. The van der Waals surface area contributed by atoms with E-state index in [-0.39, 0.29) is 11.7 Å². The molecular weight excluding hydrogens is 233 g/mol. The number of ether oxygens (including phenoxy) is 1. The van der Waals surface area contributed by atoms with Crippen molar-refractivity contribution in [2.75, 3.05) is 20.2 Å². The van der Waals surface area contributed by atoms with Gasteiger partial charge in [-0.2, -0.15) is 0 Å². The predicted octanol–water partition coefficient (Wildman–Crippen LogP) is 2.72. The lowest BCUT2D eigenvalue weighted by atomic mass is 10.2.